The lowest BCUT2D eigenvalue weighted by Gasteiger charge is -2.18. The van der Waals surface area contributed by atoms with Gasteiger partial charge in [-0.25, -0.2) is 0 Å². The Hall–Kier alpha value is -2.84. The molecule has 3 rings (SSSR count). The third-order valence-corrected chi connectivity index (χ3v) is 5.85. The maximum Gasteiger partial charge on any atom is 0.306 e. The predicted octanol–water partition coefficient (Wildman–Crippen LogP) is 4.91. The Morgan fingerprint density at radius 2 is 1.94 bits per heavy atom. The lowest BCUT2D eigenvalue weighted by Crippen LogP contribution is -2.28. The van der Waals surface area contributed by atoms with Crippen molar-refractivity contribution in [3.63, 3.8) is 0 Å². The summed E-state index contributed by atoms with van der Waals surface area (Å²) in [5.74, 6) is -0.130. The standard InChI is InChI=1S/C23H23NO5S2/c1-3-16-7-5-6-8-17(16)24-22(27)20(31-23(24)30)14-15-9-10-18(19(13-15)28-4-2)29-12-11-21(25)26/h5-10,13-14H,3-4,11-12H2,1-2H3,(H,25,26)/b20-14+. The van der Waals surface area contributed by atoms with Crippen molar-refractivity contribution in [2.24, 2.45) is 0 Å². The van der Waals surface area contributed by atoms with Gasteiger partial charge in [-0.05, 0) is 48.7 Å². The monoisotopic (exact) mass is 457 g/mol. The first-order chi connectivity index (χ1) is 14.9. The lowest BCUT2D eigenvalue weighted by atomic mass is 10.1. The number of aryl methyl sites for hydroxylation is 1. The third kappa shape index (κ3) is 5.45. The fourth-order valence-electron chi connectivity index (χ4n) is 3.11. The number of ether oxygens (including phenoxy) is 2. The van der Waals surface area contributed by atoms with Crippen molar-refractivity contribution in [3.8, 4) is 11.5 Å². The van der Waals surface area contributed by atoms with Gasteiger partial charge < -0.3 is 14.6 Å². The summed E-state index contributed by atoms with van der Waals surface area (Å²) in [5, 5.41) is 8.78. The minimum Gasteiger partial charge on any atom is -0.490 e. The second kappa shape index (κ2) is 10.5. The molecular weight excluding hydrogens is 434 g/mol. The van der Waals surface area contributed by atoms with Crippen molar-refractivity contribution in [1.82, 2.24) is 0 Å². The number of carboxylic acid groups (broad SMARTS) is 1. The first-order valence-corrected chi connectivity index (χ1v) is 11.1. The first kappa shape index (κ1) is 22.8. The van der Waals surface area contributed by atoms with Crippen molar-refractivity contribution in [3.05, 3.63) is 58.5 Å². The number of carboxylic acids is 1. The normalized spacial score (nSPS) is 14.9. The van der Waals surface area contributed by atoms with Crippen LogP contribution >= 0.6 is 24.0 Å². The van der Waals surface area contributed by atoms with Crippen LogP contribution in [0, 0.1) is 0 Å². The van der Waals surface area contributed by atoms with E-state index in [2.05, 4.69) is 0 Å². The van der Waals surface area contributed by atoms with Gasteiger partial charge in [-0.2, -0.15) is 0 Å². The molecule has 1 fully saturated rings. The highest BCUT2D eigenvalue weighted by atomic mass is 32.2. The molecule has 0 spiro atoms. The fraction of sp³-hybridized carbons (Fsp3) is 0.261. The van der Waals surface area contributed by atoms with Crippen LogP contribution in [-0.4, -0.2) is 34.5 Å². The van der Waals surface area contributed by atoms with Crippen molar-refractivity contribution >= 4 is 51.9 Å². The number of thioether (sulfide) groups is 1. The van der Waals surface area contributed by atoms with Gasteiger partial charge in [-0.1, -0.05) is 55.2 Å². The van der Waals surface area contributed by atoms with Gasteiger partial charge in [0.05, 0.1) is 30.2 Å². The number of para-hydroxylation sites is 1. The van der Waals surface area contributed by atoms with Crippen LogP contribution in [-0.2, 0) is 16.0 Å². The smallest absolute Gasteiger partial charge is 0.306 e. The van der Waals surface area contributed by atoms with Crippen LogP contribution in [0.1, 0.15) is 31.4 Å². The number of nitrogens with zero attached hydrogens (tertiary/aromatic N) is 1. The summed E-state index contributed by atoms with van der Waals surface area (Å²) in [5.41, 5.74) is 2.63. The van der Waals surface area contributed by atoms with E-state index in [1.807, 2.05) is 38.1 Å². The van der Waals surface area contributed by atoms with Crippen LogP contribution in [0.3, 0.4) is 0 Å². The number of hydrogen-bond acceptors (Lipinski definition) is 6. The van der Waals surface area contributed by atoms with Crippen LogP contribution in [0.5, 0.6) is 11.5 Å². The largest absolute Gasteiger partial charge is 0.490 e. The van der Waals surface area contributed by atoms with Gasteiger partial charge in [-0.3, -0.25) is 14.5 Å². The molecule has 0 atom stereocenters. The van der Waals surface area contributed by atoms with Crippen LogP contribution < -0.4 is 14.4 Å². The van der Waals surface area contributed by atoms with Gasteiger partial charge in [0, 0.05) is 0 Å². The number of thiocarbonyl (C=S) groups is 1. The molecule has 0 aromatic heterocycles. The van der Waals surface area contributed by atoms with E-state index in [1.54, 1.807) is 29.2 Å². The Morgan fingerprint density at radius 1 is 1.16 bits per heavy atom. The zero-order valence-electron chi connectivity index (χ0n) is 17.3. The summed E-state index contributed by atoms with van der Waals surface area (Å²) >= 11 is 6.75. The number of anilines is 1. The van der Waals surface area contributed by atoms with Gasteiger partial charge in [-0.15, -0.1) is 0 Å². The molecule has 1 amide bonds. The van der Waals surface area contributed by atoms with Crippen LogP contribution in [0.15, 0.2) is 47.4 Å². The molecule has 1 heterocycles. The number of aliphatic carboxylic acids is 1. The van der Waals surface area contributed by atoms with E-state index in [4.69, 9.17) is 26.8 Å². The highest BCUT2D eigenvalue weighted by Crippen LogP contribution is 2.38. The zero-order valence-corrected chi connectivity index (χ0v) is 18.9. The molecule has 0 bridgehead atoms. The second-order valence-electron chi connectivity index (χ2n) is 6.63. The maximum absolute atomic E-state index is 13.1. The maximum atomic E-state index is 13.1. The first-order valence-electron chi connectivity index (χ1n) is 9.91. The predicted molar refractivity (Wildman–Crippen MR) is 127 cm³/mol. The van der Waals surface area contributed by atoms with Gasteiger partial charge in [0.1, 0.15) is 0 Å². The molecule has 2 aromatic carbocycles. The average molecular weight is 458 g/mol. The number of hydrogen-bond donors (Lipinski definition) is 1. The summed E-state index contributed by atoms with van der Waals surface area (Å²) in [6.45, 7) is 4.37. The SMILES string of the molecule is CCOc1cc(/C=C2/SC(=S)N(c3ccccc3CC)C2=O)ccc1OCCC(=O)O. The Bertz CT molecular complexity index is 1030. The van der Waals surface area contributed by atoms with E-state index in [9.17, 15) is 9.59 Å². The number of rotatable bonds is 9. The van der Waals surface area contributed by atoms with Gasteiger partial charge in [0.15, 0.2) is 15.8 Å². The minimum absolute atomic E-state index is 0.0459. The van der Waals surface area contributed by atoms with E-state index in [1.165, 1.54) is 11.8 Å². The van der Waals surface area contributed by atoms with Gasteiger partial charge in [0.25, 0.3) is 5.91 Å². The second-order valence-corrected chi connectivity index (χ2v) is 8.31. The topological polar surface area (TPSA) is 76.1 Å². The van der Waals surface area contributed by atoms with E-state index in [-0.39, 0.29) is 18.9 Å². The summed E-state index contributed by atoms with van der Waals surface area (Å²) in [7, 11) is 0. The lowest BCUT2D eigenvalue weighted by molar-refractivity contribution is -0.137. The van der Waals surface area contributed by atoms with Crippen LogP contribution in [0.4, 0.5) is 5.69 Å². The van der Waals surface area contributed by atoms with E-state index in [0.29, 0.717) is 27.3 Å². The molecular formula is C23H23NO5S2. The minimum atomic E-state index is -0.929. The molecule has 2 aromatic rings. The molecule has 1 saturated heterocycles. The van der Waals surface area contributed by atoms with Gasteiger partial charge >= 0.3 is 5.97 Å². The van der Waals surface area contributed by atoms with E-state index in [0.717, 1.165) is 23.2 Å². The van der Waals surface area contributed by atoms with Crippen molar-refractivity contribution in [2.45, 2.75) is 26.7 Å². The van der Waals surface area contributed by atoms with E-state index >= 15 is 0 Å². The molecule has 0 aliphatic carbocycles. The fourth-order valence-corrected chi connectivity index (χ4v) is 4.39. The van der Waals surface area contributed by atoms with Crippen molar-refractivity contribution in [1.29, 1.82) is 0 Å². The quantitative estimate of drug-likeness (QED) is 0.424. The molecule has 0 unspecified atom stereocenters. The molecule has 31 heavy (non-hydrogen) atoms. The number of amides is 1. The molecule has 0 saturated carbocycles. The van der Waals surface area contributed by atoms with Gasteiger partial charge in [0.2, 0.25) is 0 Å². The van der Waals surface area contributed by atoms with Crippen LogP contribution in [0.2, 0.25) is 0 Å². The summed E-state index contributed by atoms with van der Waals surface area (Å²) in [6.07, 6.45) is 2.47. The molecule has 0 radical (unpaired) electrons. The molecule has 6 nitrogen and oxygen atoms in total. The zero-order chi connectivity index (χ0) is 22.4. The van der Waals surface area contributed by atoms with Crippen molar-refractivity contribution < 1.29 is 24.2 Å². The molecule has 162 valence electrons. The summed E-state index contributed by atoms with van der Waals surface area (Å²) in [6, 6.07) is 13.0. The number of carbonyl (C=O) groups is 2. The number of carbonyl (C=O) groups excluding carboxylic acids is 1. The Morgan fingerprint density at radius 3 is 2.65 bits per heavy atom. The van der Waals surface area contributed by atoms with Crippen molar-refractivity contribution in [2.75, 3.05) is 18.1 Å². The highest BCUT2D eigenvalue weighted by Gasteiger charge is 2.34. The number of benzene rings is 2. The molecule has 1 aliphatic rings. The Kier molecular flexibility index (Phi) is 7.70. The highest BCUT2D eigenvalue weighted by molar-refractivity contribution is 8.27. The average Bonchev–Trinajstić information content (AvgIpc) is 3.02. The Balaban J connectivity index is 1.85. The molecule has 1 N–H and O–H groups in total. The molecule has 1 aliphatic heterocycles. The summed E-state index contributed by atoms with van der Waals surface area (Å²) in [4.78, 5) is 25.9. The molecule has 8 heteroatoms. The summed E-state index contributed by atoms with van der Waals surface area (Å²) < 4.78 is 11.7. The van der Waals surface area contributed by atoms with Crippen LogP contribution in [0.25, 0.3) is 6.08 Å². The van der Waals surface area contributed by atoms with E-state index < -0.39 is 5.97 Å². The Labute approximate surface area is 190 Å². The third-order valence-electron chi connectivity index (χ3n) is 4.55.